The van der Waals surface area contributed by atoms with Gasteiger partial charge in [0.15, 0.2) is 5.54 Å². The van der Waals surface area contributed by atoms with Crippen molar-refractivity contribution in [2.45, 2.75) is 12.0 Å². The number of nitrogens with one attached hydrogen (secondary N) is 1. The quantitative estimate of drug-likeness (QED) is 0.613. The van der Waals surface area contributed by atoms with Crippen molar-refractivity contribution in [1.29, 1.82) is 0 Å². The number of nitrogens with zero attached hydrogens (tertiary/aromatic N) is 2. The highest BCUT2D eigenvalue weighted by Crippen LogP contribution is 2.38. The first-order valence-corrected chi connectivity index (χ1v) is 9.25. The number of hydrogen-bond donors (Lipinski definition) is 2. The summed E-state index contributed by atoms with van der Waals surface area (Å²) in [5.74, 6) is -1.26. The Morgan fingerprint density at radius 1 is 1.32 bits per heavy atom. The molecule has 1 aliphatic rings. The molecule has 8 nitrogen and oxygen atoms in total. The minimum Gasteiger partial charge on any atom is -0.490 e. The van der Waals surface area contributed by atoms with E-state index in [4.69, 9.17) is 19.9 Å². The normalized spacial score (nSPS) is 18.5. The molecule has 1 unspecified atom stereocenters. The smallest absolute Gasteiger partial charge is 0.274 e. The van der Waals surface area contributed by atoms with E-state index in [2.05, 4.69) is 15.3 Å². The monoisotopic (exact) mass is 438 g/mol. The van der Waals surface area contributed by atoms with Crippen LogP contribution in [0.25, 0.3) is 0 Å². The van der Waals surface area contributed by atoms with E-state index in [1.807, 2.05) is 0 Å². The lowest BCUT2D eigenvalue weighted by Crippen LogP contribution is -2.45. The number of aromatic nitrogens is 1. The van der Waals surface area contributed by atoms with E-state index in [1.165, 1.54) is 18.3 Å². The van der Waals surface area contributed by atoms with Crippen LogP contribution in [0.3, 0.4) is 0 Å². The minimum absolute atomic E-state index is 0.0526. The number of rotatable bonds is 8. The Balaban J connectivity index is 1.80. The summed E-state index contributed by atoms with van der Waals surface area (Å²) in [4.78, 5) is 20.3. The van der Waals surface area contributed by atoms with Gasteiger partial charge in [-0.25, -0.2) is 18.2 Å². The highest BCUT2D eigenvalue weighted by molar-refractivity contribution is 6.02. The fourth-order valence-corrected chi connectivity index (χ4v) is 2.97. The van der Waals surface area contributed by atoms with E-state index in [0.717, 1.165) is 12.1 Å². The number of nitrogens with two attached hydrogens (primary N) is 1. The number of amidine groups is 1. The Kier molecular flexibility index (Phi) is 7.08. The van der Waals surface area contributed by atoms with Crippen molar-refractivity contribution >= 4 is 17.4 Å². The summed E-state index contributed by atoms with van der Waals surface area (Å²) in [5.41, 5.74) is 2.96. The van der Waals surface area contributed by atoms with Gasteiger partial charge in [-0.15, -0.1) is 0 Å². The number of halogens is 3. The molecule has 0 fully saturated rings. The van der Waals surface area contributed by atoms with E-state index >= 15 is 0 Å². The molecule has 0 aliphatic carbocycles. The molecule has 2 heterocycles. The fraction of sp³-hybridized carbons (Fsp3) is 0.350. The van der Waals surface area contributed by atoms with Gasteiger partial charge in [0, 0.05) is 18.4 Å². The number of alkyl halides is 2. The molecule has 11 heteroatoms. The second-order valence-electron chi connectivity index (χ2n) is 6.69. The van der Waals surface area contributed by atoms with Gasteiger partial charge in [0.25, 0.3) is 12.3 Å². The molecule has 0 spiro atoms. The standard InChI is InChI=1S/C20H21F3N4O4/c1-29-6-7-31-13-3-5-16(25-9-13)18(28)26-12-2-4-15(21)14(8-12)20(19(22)23)11-30-10-17(24)27-20/h2-5,8-9,19H,6-7,10-11H2,1H3,(H2,24,27)(H,26,28). The van der Waals surface area contributed by atoms with Crippen molar-refractivity contribution in [3.8, 4) is 5.75 Å². The molecule has 1 aromatic carbocycles. The first-order chi connectivity index (χ1) is 14.9. The van der Waals surface area contributed by atoms with Gasteiger partial charge in [-0.05, 0) is 30.3 Å². The number of anilines is 1. The predicted octanol–water partition coefficient (Wildman–Crippen LogP) is 2.35. The van der Waals surface area contributed by atoms with Crippen molar-refractivity contribution in [3.63, 3.8) is 0 Å². The Bertz CT molecular complexity index is 956. The first-order valence-electron chi connectivity index (χ1n) is 9.25. The average molecular weight is 438 g/mol. The summed E-state index contributed by atoms with van der Waals surface area (Å²) in [6, 6.07) is 6.29. The van der Waals surface area contributed by atoms with Crippen molar-refractivity contribution in [1.82, 2.24) is 4.98 Å². The molecular formula is C20H21F3N4O4. The van der Waals surface area contributed by atoms with Crippen molar-refractivity contribution in [2.75, 3.05) is 38.9 Å². The second kappa shape index (κ2) is 9.75. The third-order valence-corrected chi connectivity index (χ3v) is 4.49. The van der Waals surface area contributed by atoms with Crippen molar-refractivity contribution in [2.24, 2.45) is 10.7 Å². The van der Waals surface area contributed by atoms with Gasteiger partial charge in [-0.1, -0.05) is 0 Å². The van der Waals surface area contributed by atoms with Crippen LogP contribution in [0.1, 0.15) is 16.1 Å². The van der Waals surface area contributed by atoms with Gasteiger partial charge >= 0.3 is 0 Å². The van der Waals surface area contributed by atoms with Crippen molar-refractivity contribution in [3.05, 3.63) is 53.6 Å². The van der Waals surface area contributed by atoms with E-state index in [1.54, 1.807) is 13.2 Å². The van der Waals surface area contributed by atoms with Gasteiger partial charge in [-0.2, -0.15) is 0 Å². The summed E-state index contributed by atoms with van der Waals surface area (Å²) in [6.07, 6.45) is -1.72. The minimum atomic E-state index is -3.08. The number of hydrogen-bond acceptors (Lipinski definition) is 7. The van der Waals surface area contributed by atoms with Crippen molar-refractivity contribution < 1.29 is 32.2 Å². The second-order valence-corrected chi connectivity index (χ2v) is 6.69. The van der Waals surface area contributed by atoms with Gasteiger partial charge in [0.1, 0.15) is 36.3 Å². The Morgan fingerprint density at radius 3 is 2.77 bits per heavy atom. The molecule has 0 saturated carbocycles. The van der Waals surface area contributed by atoms with Crippen LogP contribution in [-0.2, 0) is 15.0 Å². The Hall–Kier alpha value is -3.18. The number of ether oxygens (including phenoxy) is 3. The molecule has 0 radical (unpaired) electrons. The highest BCUT2D eigenvalue weighted by atomic mass is 19.3. The summed E-state index contributed by atoms with van der Waals surface area (Å²) in [7, 11) is 1.54. The van der Waals surface area contributed by atoms with Gasteiger partial charge < -0.3 is 25.3 Å². The molecular weight excluding hydrogens is 417 g/mol. The molecule has 3 rings (SSSR count). The van der Waals surface area contributed by atoms with E-state index < -0.39 is 35.9 Å². The summed E-state index contributed by atoms with van der Waals surface area (Å²) in [5, 5.41) is 2.51. The average Bonchev–Trinajstić information content (AvgIpc) is 2.75. The Morgan fingerprint density at radius 2 is 2.13 bits per heavy atom. The Labute approximate surface area is 176 Å². The van der Waals surface area contributed by atoms with Gasteiger partial charge in [0.05, 0.1) is 19.4 Å². The van der Waals surface area contributed by atoms with Crippen LogP contribution in [-0.4, -0.2) is 56.7 Å². The SMILES string of the molecule is COCCOc1ccc(C(=O)Nc2ccc(F)c(C3(C(F)F)COCC(N)=N3)c2)nc1. The summed E-state index contributed by atoms with van der Waals surface area (Å²) >= 11 is 0. The topological polar surface area (TPSA) is 108 Å². The molecule has 0 bridgehead atoms. The summed E-state index contributed by atoms with van der Waals surface area (Å²) < 4.78 is 57.6. The van der Waals surface area contributed by atoms with Crippen LogP contribution in [0, 0.1) is 5.82 Å². The lowest BCUT2D eigenvalue weighted by atomic mass is 9.90. The third-order valence-electron chi connectivity index (χ3n) is 4.49. The number of aliphatic imine (C=N–C) groups is 1. The molecule has 1 aliphatic heterocycles. The number of amides is 1. The number of pyridine rings is 1. The molecule has 31 heavy (non-hydrogen) atoms. The molecule has 0 saturated heterocycles. The molecule has 166 valence electrons. The van der Waals surface area contributed by atoms with E-state index in [0.29, 0.717) is 19.0 Å². The molecule has 2 aromatic rings. The van der Waals surface area contributed by atoms with Gasteiger partial charge in [-0.3, -0.25) is 9.79 Å². The maximum Gasteiger partial charge on any atom is 0.274 e. The maximum atomic E-state index is 14.5. The van der Waals surface area contributed by atoms with Crippen LogP contribution >= 0.6 is 0 Å². The zero-order chi connectivity index (χ0) is 22.4. The van der Waals surface area contributed by atoms with E-state index in [9.17, 15) is 18.0 Å². The molecule has 3 N–H and O–H groups in total. The number of carbonyl (C=O) groups excluding carboxylic acids is 1. The van der Waals surface area contributed by atoms with Gasteiger partial charge in [0.2, 0.25) is 0 Å². The zero-order valence-corrected chi connectivity index (χ0v) is 16.6. The van der Waals surface area contributed by atoms with Crippen LogP contribution < -0.4 is 15.8 Å². The van der Waals surface area contributed by atoms with Crippen LogP contribution in [0.4, 0.5) is 18.9 Å². The predicted molar refractivity (Wildman–Crippen MR) is 106 cm³/mol. The first kappa shape index (κ1) is 22.5. The largest absolute Gasteiger partial charge is 0.490 e. The van der Waals surface area contributed by atoms with E-state index in [-0.39, 0.29) is 23.8 Å². The molecule has 1 amide bonds. The van der Waals surface area contributed by atoms with Crippen LogP contribution in [0.5, 0.6) is 5.75 Å². The zero-order valence-electron chi connectivity index (χ0n) is 16.6. The lowest BCUT2D eigenvalue weighted by molar-refractivity contribution is -0.0145. The lowest BCUT2D eigenvalue weighted by Gasteiger charge is -2.33. The number of carbonyl (C=O) groups is 1. The number of benzene rings is 1. The molecule has 1 atom stereocenters. The fourth-order valence-electron chi connectivity index (χ4n) is 2.97. The maximum absolute atomic E-state index is 14.5. The summed E-state index contributed by atoms with van der Waals surface area (Å²) in [6.45, 7) is 0.0514. The number of methoxy groups -OCH3 is 1. The molecule has 1 aromatic heterocycles. The third kappa shape index (κ3) is 5.12. The highest BCUT2D eigenvalue weighted by Gasteiger charge is 2.46. The van der Waals surface area contributed by atoms with Crippen LogP contribution in [0.15, 0.2) is 41.5 Å². The van der Waals surface area contributed by atoms with Crippen LogP contribution in [0.2, 0.25) is 0 Å².